The summed E-state index contributed by atoms with van der Waals surface area (Å²) in [6, 6.07) is 7.58. The van der Waals surface area contributed by atoms with Crippen LogP contribution in [0.1, 0.15) is 45.7 Å². The molecule has 1 fully saturated rings. The maximum absolute atomic E-state index is 12.9. The number of carbonyl (C=O) groups is 2. The molecule has 222 valence electrons. The Bertz CT molecular complexity index is 1360. The van der Waals surface area contributed by atoms with E-state index in [0.29, 0.717) is 28.5 Å². The Morgan fingerprint density at radius 3 is 2.56 bits per heavy atom. The first-order valence-corrected chi connectivity index (χ1v) is 14.0. The zero-order valence-electron chi connectivity index (χ0n) is 23.2. The zero-order valence-corrected chi connectivity index (χ0v) is 24.0. The number of rotatable bonds is 9. The number of ether oxygens (including phenoxy) is 2. The molecular weight excluding hydrogens is 561 g/mol. The summed E-state index contributed by atoms with van der Waals surface area (Å²) >= 11 is 1.45. The lowest BCUT2D eigenvalue weighted by atomic mass is 10.1. The molecule has 0 bridgehead atoms. The highest BCUT2D eigenvalue weighted by molar-refractivity contribution is 7.21. The van der Waals surface area contributed by atoms with Gasteiger partial charge in [-0.3, -0.25) is 4.79 Å². The number of alkyl halides is 3. The summed E-state index contributed by atoms with van der Waals surface area (Å²) in [5.41, 5.74) is 1.25. The number of esters is 1. The van der Waals surface area contributed by atoms with Crippen molar-refractivity contribution in [3.63, 3.8) is 0 Å². The van der Waals surface area contributed by atoms with Gasteiger partial charge in [-0.1, -0.05) is 12.1 Å². The summed E-state index contributed by atoms with van der Waals surface area (Å²) < 4.78 is 50.0. The molecule has 10 nitrogen and oxygen atoms in total. The van der Waals surface area contributed by atoms with Crippen molar-refractivity contribution in [2.75, 3.05) is 30.3 Å². The molecule has 2 atom stereocenters. The molecule has 2 unspecified atom stereocenters. The predicted molar refractivity (Wildman–Crippen MR) is 150 cm³/mol. The van der Waals surface area contributed by atoms with E-state index in [2.05, 4.69) is 25.9 Å². The number of fused-ring (bicyclic) bond motifs is 1. The molecule has 1 aliphatic rings. The molecule has 14 heteroatoms. The van der Waals surface area contributed by atoms with E-state index in [9.17, 15) is 22.8 Å². The zero-order chi connectivity index (χ0) is 29.8. The van der Waals surface area contributed by atoms with Crippen LogP contribution in [0.25, 0.3) is 20.8 Å². The topological polar surface area (TPSA) is 127 Å². The molecule has 41 heavy (non-hydrogen) atoms. The number of aryl methyl sites for hydroxylation is 1. The van der Waals surface area contributed by atoms with E-state index >= 15 is 0 Å². The normalized spacial score (nSPS) is 17.3. The van der Waals surface area contributed by atoms with E-state index in [4.69, 9.17) is 14.5 Å². The molecule has 1 saturated carbocycles. The number of carbonyl (C=O) groups excluding carboxylic acids is 2. The Morgan fingerprint density at radius 2 is 1.85 bits per heavy atom. The van der Waals surface area contributed by atoms with E-state index in [0.717, 1.165) is 23.1 Å². The number of benzene rings is 1. The fraction of sp³-hybridized carbons (Fsp3) is 0.519. The molecule has 1 amide bonds. The van der Waals surface area contributed by atoms with Crippen LogP contribution in [0.15, 0.2) is 24.3 Å². The van der Waals surface area contributed by atoms with Crippen molar-refractivity contribution in [2.45, 2.75) is 64.8 Å². The fourth-order valence-corrected chi connectivity index (χ4v) is 5.51. The number of nitrogens with zero attached hydrogens (tertiary/aromatic N) is 3. The molecule has 1 aromatic carbocycles. The van der Waals surface area contributed by atoms with Gasteiger partial charge in [0.25, 0.3) is 0 Å². The minimum atomic E-state index is -4.42. The summed E-state index contributed by atoms with van der Waals surface area (Å²) in [4.78, 5) is 37.2. The monoisotopic (exact) mass is 594 g/mol. The highest BCUT2D eigenvalue weighted by atomic mass is 32.1. The number of para-hydroxylation sites is 1. The van der Waals surface area contributed by atoms with Crippen molar-refractivity contribution in [3.8, 4) is 10.6 Å². The van der Waals surface area contributed by atoms with Crippen LogP contribution in [0, 0.1) is 12.8 Å². The largest absolute Gasteiger partial charge is 0.464 e. The maximum Gasteiger partial charge on any atom is 0.408 e. The number of nitrogens with one attached hydrogen (secondary N) is 3. The summed E-state index contributed by atoms with van der Waals surface area (Å²) in [5, 5.41) is 8.69. The lowest BCUT2D eigenvalue weighted by Crippen LogP contribution is -2.36. The van der Waals surface area contributed by atoms with Crippen LogP contribution < -0.4 is 16.0 Å². The van der Waals surface area contributed by atoms with E-state index in [1.54, 1.807) is 27.7 Å². The fourth-order valence-electron chi connectivity index (χ4n) is 4.44. The minimum Gasteiger partial charge on any atom is -0.464 e. The Labute approximate surface area is 239 Å². The summed E-state index contributed by atoms with van der Waals surface area (Å²) in [5.74, 6) is -0.245. The number of thiazole rings is 1. The van der Waals surface area contributed by atoms with Crippen LogP contribution in [0.3, 0.4) is 0 Å². The second-order valence-electron chi connectivity index (χ2n) is 10.9. The quantitative estimate of drug-likeness (QED) is 0.268. The van der Waals surface area contributed by atoms with E-state index in [-0.39, 0.29) is 31.1 Å². The van der Waals surface area contributed by atoms with Gasteiger partial charge in [0.2, 0.25) is 5.95 Å². The third-order valence-electron chi connectivity index (χ3n) is 6.18. The molecule has 0 spiro atoms. The molecule has 1 aliphatic carbocycles. The van der Waals surface area contributed by atoms with Gasteiger partial charge in [0.15, 0.2) is 0 Å². The predicted octanol–water partition coefficient (Wildman–Crippen LogP) is 5.68. The first-order valence-electron chi connectivity index (χ1n) is 13.2. The number of aromatic nitrogens is 3. The Kier molecular flexibility index (Phi) is 9.20. The van der Waals surface area contributed by atoms with Crippen LogP contribution >= 0.6 is 11.3 Å². The minimum absolute atomic E-state index is 0.0588. The second kappa shape index (κ2) is 12.5. The Hall–Kier alpha value is -3.68. The van der Waals surface area contributed by atoms with Crippen molar-refractivity contribution in [3.05, 3.63) is 30.0 Å². The standard InChI is InChI=1S/C27H33F3N6O4S/c1-15-21(23-35-18-7-5-6-8-19(18)41-23)22(36-24(33-15)32-14-27(28,29)30)34-17-10-9-16(11-17)13-39-20(37)12-31-25(38)40-26(2,3)4/h5-8,16-17H,9-14H2,1-4H3,(H,31,38)(H2,32,33,34,36). The summed E-state index contributed by atoms with van der Waals surface area (Å²) in [6.45, 7) is 5.50. The number of hydrogen-bond donors (Lipinski definition) is 3. The highest BCUT2D eigenvalue weighted by Crippen LogP contribution is 2.38. The number of hydrogen-bond acceptors (Lipinski definition) is 10. The van der Waals surface area contributed by atoms with Gasteiger partial charge in [-0.2, -0.15) is 18.2 Å². The van der Waals surface area contributed by atoms with Gasteiger partial charge < -0.3 is 25.4 Å². The van der Waals surface area contributed by atoms with Gasteiger partial charge >= 0.3 is 18.2 Å². The maximum atomic E-state index is 12.9. The molecule has 0 radical (unpaired) electrons. The van der Waals surface area contributed by atoms with E-state index in [1.165, 1.54) is 11.3 Å². The molecule has 3 N–H and O–H groups in total. The third-order valence-corrected chi connectivity index (χ3v) is 7.24. The first kappa shape index (κ1) is 30.3. The number of anilines is 2. The van der Waals surface area contributed by atoms with Crippen LogP contribution in [0.5, 0.6) is 0 Å². The van der Waals surface area contributed by atoms with Crippen molar-refractivity contribution in [2.24, 2.45) is 5.92 Å². The first-order chi connectivity index (χ1) is 19.3. The summed E-state index contributed by atoms with van der Waals surface area (Å²) in [7, 11) is 0. The lowest BCUT2D eigenvalue weighted by Gasteiger charge is -2.19. The lowest BCUT2D eigenvalue weighted by molar-refractivity contribution is -0.143. The molecule has 2 aromatic heterocycles. The molecule has 3 aromatic rings. The van der Waals surface area contributed by atoms with Crippen LogP contribution in [-0.4, -0.2) is 64.5 Å². The number of alkyl carbamates (subject to hydrolysis) is 1. The van der Waals surface area contributed by atoms with Crippen LogP contribution in [0.2, 0.25) is 0 Å². The number of amides is 1. The molecule has 0 saturated heterocycles. The van der Waals surface area contributed by atoms with Gasteiger partial charge in [0.05, 0.1) is 28.1 Å². The average molecular weight is 595 g/mol. The van der Waals surface area contributed by atoms with Crippen molar-refractivity contribution >= 4 is 45.4 Å². The summed E-state index contributed by atoms with van der Waals surface area (Å²) in [6.07, 6.45) is -2.96. The molecule has 0 aliphatic heterocycles. The average Bonchev–Trinajstić information content (AvgIpc) is 3.50. The second-order valence-corrected chi connectivity index (χ2v) is 11.9. The van der Waals surface area contributed by atoms with E-state index < -0.39 is 30.4 Å². The smallest absolute Gasteiger partial charge is 0.408 e. The van der Waals surface area contributed by atoms with Crippen LogP contribution in [-0.2, 0) is 14.3 Å². The highest BCUT2D eigenvalue weighted by Gasteiger charge is 2.30. The van der Waals surface area contributed by atoms with Gasteiger partial charge in [-0.25, -0.2) is 14.8 Å². The van der Waals surface area contributed by atoms with Gasteiger partial charge in [-0.15, -0.1) is 11.3 Å². The van der Waals surface area contributed by atoms with Gasteiger partial charge in [0.1, 0.15) is 29.5 Å². The molecule has 2 heterocycles. The van der Waals surface area contributed by atoms with Gasteiger partial charge in [-0.05, 0) is 65.0 Å². The van der Waals surface area contributed by atoms with Gasteiger partial charge in [0, 0.05) is 6.04 Å². The van der Waals surface area contributed by atoms with Crippen molar-refractivity contribution in [1.29, 1.82) is 0 Å². The molecule has 4 rings (SSSR count). The van der Waals surface area contributed by atoms with Crippen molar-refractivity contribution in [1.82, 2.24) is 20.3 Å². The van der Waals surface area contributed by atoms with Crippen molar-refractivity contribution < 1.29 is 32.2 Å². The third kappa shape index (κ3) is 8.90. The van der Waals surface area contributed by atoms with E-state index in [1.807, 2.05) is 24.3 Å². The Morgan fingerprint density at radius 1 is 1.10 bits per heavy atom. The van der Waals surface area contributed by atoms with Crippen LogP contribution in [0.4, 0.5) is 29.7 Å². The number of halogens is 3. The SMILES string of the molecule is Cc1nc(NCC(F)(F)F)nc(NC2CCC(COC(=O)CNC(=O)OC(C)(C)C)C2)c1-c1nc2ccccc2s1. The Balaban J connectivity index is 1.42. The molecular formula is C27H33F3N6O4S.